The van der Waals surface area contributed by atoms with Crippen molar-refractivity contribution < 1.29 is 9.21 Å². The molecule has 0 fully saturated rings. The molecular formula is C23H23N3O3S2. The number of hydrogen-bond donors (Lipinski definition) is 2. The van der Waals surface area contributed by atoms with E-state index in [1.807, 2.05) is 16.8 Å². The zero-order valence-electron chi connectivity index (χ0n) is 17.6. The van der Waals surface area contributed by atoms with Gasteiger partial charge in [0, 0.05) is 21.2 Å². The largest absolute Gasteiger partial charge is 0.417 e. The van der Waals surface area contributed by atoms with Crippen LogP contribution in [0.5, 0.6) is 0 Å². The van der Waals surface area contributed by atoms with Crippen LogP contribution in [-0.2, 0) is 12.8 Å². The molecule has 160 valence electrons. The number of aromatic nitrogens is 2. The summed E-state index contributed by atoms with van der Waals surface area (Å²) in [5.41, 5.74) is 4.95. The lowest BCUT2D eigenvalue weighted by Gasteiger charge is -2.34. The lowest BCUT2D eigenvalue weighted by atomic mass is 9.72. The minimum absolute atomic E-state index is 0.0975. The Labute approximate surface area is 187 Å². The Morgan fingerprint density at radius 1 is 1.26 bits per heavy atom. The van der Waals surface area contributed by atoms with Crippen molar-refractivity contribution in [3.8, 4) is 11.3 Å². The van der Waals surface area contributed by atoms with Crippen molar-refractivity contribution in [2.45, 2.75) is 40.0 Å². The lowest BCUT2D eigenvalue weighted by Crippen LogP contribution is -2.27. The number of thiazole rings is 1. The van der Waals surface area contributed by atoms with Gasteiger partial charge in [0.2, 0.25) is 0 Å². The summed E-state index contributed by atoms with van der Waals surface area (Å²) in [6.07, 6.45) is 3.12. The highest BCUT2D eigenvalue weighted by atomic mass is 32.1. The predicted molar refractivity (Wildman–Crippen MR) is 125 cm³/mol. The molecule has 0 radical (unpaired) electrons. The number of anilines is 1. The first-order valence-corrected chi connectivity index (χ1v) is 12.0. The number of amides is 1. The van der Waals surface area contributed by atoms with E-state index in [4.69, 9.17) is 4.42 Å². The SMILES string of the molecule is CC(C)(C)C1CCc2c(C(=O)Nc3nc(-c4ccc5[nH]c(=O)oc5c4)cs3)csc2C1. The van der Waals surface area contributed by atoms with Gasteiger partial charge in [0.15, 0.2) is 10.7 Å². The number of aromatic amines is 1. The molecule has 6 nitrogen and oxygen atoms in total. The molecule has 0 saturated carbocycles. The van der Waals surface area contributed by atoms with Crippen LogP contribution in [0.3, 0.4) is 0 Å². The van der Waals surface area contributed by atoms with Gasteiger partial charge in [-0.1, -0.05) is 26.8 Å². The molecule has 8 heteroatoms. The third-order valence-electron chi connectivity index (χ3n) is 6.07. The zero-order chi connectivity index (χ0) is 21.8. The molecule has 1 atom stereocenters. The maximum atomic E-state index is 13.0. The van der Waals surface area contributed by atoms with Crippen LogP contribution in [0.2, 0.25) is 0 Å². The minimum atomic E-state index is -0.480. The topological polar surface area (TPSA) is 88.0 Å². The standard InChI is InChI=1S/C23H23N3O3S2/c1-23(2,3)13-5-6-14-15(10-30-19(14)9-13)20(27)26-21-24-17(11-31-21)12-4-7-16-18(8-12)29-22(28)25-16/h4,7-8,10-11,13H,5-6,9H2,1-3H3,(H,25,28)(H,24,26,27). The zero-order valence-corrected chi connectivity index (χ0v) is 19.2. The molecule has 2 N–H and O–H groups in total. The van der Waals surface area contributed by atoms with Crippen LogP contribution in [0.15, 0.2) is 38.2 Å². The first-order valence-electron chi connectivity index (χ1n) is 10.3. The average molecular weight is 454 g/mol. The van der Waals surface area contributed by atoms with Crippen molar-refractivity contribution in [1.82, 2.24) is 9.97 Å². The minimum Gasteiger partial charge on any atom is -0.408 e. The van der Waals surface area contributed by atoms with E-state index in [1.54, 1.807) is 23.5 Å². The van der Waals surface area contributed by atoms with Crippen LogP contribution in [-0.4, -0.2) is 15.9 Å². The van der Waals surface area contributed by atoms with Gasteiger partial charge in [-0.05, 0) is 48.3 Å². The monoisotopic (exact) mass is 453 g/mol. The summed E-state index contributed by atoms with van der Waals surface area (Å²) >= 11 is 3.08. The molecule has 1 unspecified atom stereocenters. The normalized spacial score (nSPS) is 16.4. The van der Waals surface area contributed by atoms with Crippen LogP contribution in [0.25, 0.3) is 22.4 Å². The molecule has 1 amide bonds. The van der Waals surface area contributed by atoms with E-state index in [2.05, 4.69) is 36.1 Å². The first kappa shape index (κ1) is 20.2. The molecule has 5 rings (SSSR count). The van der Waals surface area contributed by atoms with E-state index in [1.165, 1.54) is 21.8 Å². The summed E-state index contributed by atoms with van der Waals surface area (Å²) in [7, 11) is 0. The molecule has 0 bridgehead atoms. The number of nitrogens with zero attached hydrogens (tertiary/aromatic N) is 1. The van der Waals surface area contributed by atoms with E-state index in [9.17, 15) is 9.59 Å². The van der Waals surface area contributed by atoms with Gasteiger partial charge in [-0.25, -0.2) is 9.78 Å². The second-order valence-electron chi connectivity index (χ2n) is 9.07. The van der Waals surface area contributed by atoms with Gasteiger partial charge < -0.3 is 4.42 Å². The maximum Gasteiger partial charge on any atom is 0.417 e. The van der Waals surface area contributed by atoms with Gasteiger partial charge in [0.25, 0.3) is 5.91 Å². The van der Waals surface area contributed by atoms with E-state index >= 15 is 0 Å². The Hall–Kier alpha value is -2.71. The first-order chi connectivity index (χ1) is 14.8. The van der Waals surface area contributed by atoms with Crippen LogP contribution in [0.1, 0.15) is 48.0 Å². The summed E-state index contributed by atoms with van der Waals surface area (Å²) < 4.78 is 5.13. The summed E-state index contributed by atoms with van der Waals surface area (Å²) in [6, 6.07) is 5.43. The summed E-state index contributed by atoms with van der Waals surface area (Å²) in [5.74, 6) is 0.0730. The maximum absolute atomic E-state index is 13.0. The number of oxazole rings is 1. The van der Waals surface area contributed by atoms with Crippen molar-refractivity contribution >= 4 is 44.8 Å². The smallest absolute Gasteiger partial charge is 0.408 e. The number of rotatable bonds is 3. The van der Waals surface area contributed by atoms with Gasteiger partial charge in [0.1, 0.15) is 0 Å². The number of H-pyrrole nitrogens is 1. The Morgan fingerprint density at radius 2 is 2.10 bits per heavy atom. The quantitative estimate of drug-likeness (QED) is 0.416. The van der Waals surface area contributed by atoms with E-state index < -0.39 is 5.76 Å². The molecule has 0 spiro atoms. The molecule has 0 saturated heterocycles. The Morgan fingerprint density at radius 3 is 2.90 bits per heavy atom. The highest BCUT2D eigenvalue weighted by molar-refractivity contribution is 7.14. The number of carbonyl (C=O) groups is 1. The number of fused-ring (bicyclic) bond motifs is 2. The van der Waals surface area contributed by atoms with Crippen molar-refractivity contribution in [3.63, 3.8) is 0 Å². The number of nitrogens with one attached hydrogen (secondary N) is 2. The summed E-state index contributed by atoms with van der Waals surface area (Å²) in [5, 5.41) is 7.39. The third kappa shape index (κ3) is 3.85. The summed E-state index contributed by atoms with van der Waals surface area (Å²) in [6.45, 7) is 6.89. The molecule has 1 aliphatic rings. The molecule has 1 aromatic carbocycles. The van der Waals surface area contributed by atoms with Gasteiger partial charge in [-0.2, -0.15) is 0 Å². The van der Waals surface area contributed by atoms with Crippen LogP contribution >= 0.6 is 22.7 Å². The molecule has 3 aromatic heterocycles. The van der Waals surface area contributed by atoms with Crippen LogP contribution in [0, 0.1) is 11.3 Å². The lowest BCUT2D eigenvalue weighted by molar-refractivity contribution is 0.102. The second-order valence-corrected chi connectivity index (χ2v) is 10.9. The van der Waals surface area contributed by atoms with E-state index in [0.29, 0.717) is 22.1 Å². The fourth-order valence-electron chi connectivity index (χ4n) is 4.18. The fourth-order valence-corrected chi connectivity index (χ4v) is 6.05. The molecule has 4 aromatic rings. The highest BCUT2D eigenvalue weighted by Crippen LogP contribution is 2.40. The number of carbonyl (C=O) groups excluding carboxylic acids is 1. The van der Waals surface area contributed by atoms with Crippen LogP contribution in [0.4, 0.5) is 5.13 Å². The number of thiophene rings is 1. The molecular weight excluding hydrogens is 430 g/mol. The predicted octanol–water partition coefficient (Wildman–Crippen LogP) is 5.71. The Balaban J connectivity index is 1.33. The highest BCUT2D eigenvalue weighted by Gasteiger charge is 2.31. The molecule has 31 heavy (non-hydrogen) atoms. The number of benzene rings is 1. The molecule has 3 heterocycles. The molecule has 1 aliphatic carbocycles. The Bertz CT molecular complexity index is 1340. The van der Waals surface area contributed by atoms with Crippen molar-refractivity contribution in [2.24, 2.45) is 11.3 Å². The third-order valence-corrected chi connectivity index (χ3v) is 7.87. The summed E-state index contributed by atoms with van der Waals surface area (Å²) in [4.78, 5) is 32.8. The van der Waals surface area contributed by atoms with Crippen LogP contribution < -0.4 is 11.1 Å². The van der Waals surface area contributed by atoms with E-state index in [-0.39, 0.29) is 11.3 Å². The van der Waals surface area contributed by atoms with Gasteiger partial charge in [0.05, 0.1) is 16.8 Å². The van der Waals surface area contributed by atoms with Crippen molar-refractivity contribution in [1.29, 1.82) is 0 Å². The number of hydrogen-bond acceptors (Lipinski definition) is 6. The van der Waals surface area contributed by atoms with Gasteiger partial charge in [-0.15, -0.1) is 22.7 Å². The van der Waals surface area contributed by atoms with E-state index in [0.717, 1.165) is 36.1 Å². The second kappa shape index (κ2) is 7.46. The van der Waals surface area contributed by atoms with Gasteiger partial charge >= 0.3 is 5.76 Å². The average Bonchev–Trinajstić information content (AvgIpc) is 3.43. The van der Waals surface area contributed by atoms with Crippen molar-refractivity contribution in [2.75, 3.05) is 5.32 Å². The van der Waals surface area contributed by atoms with Crippen molar-refractivity contribution in [3.05, 3.63) is 55.5 Å². The molecule has 0 aliphatic heterocycles. The van der Waals surface area contributed by atoms with Gasteiger partial charge in [-0.3, -0.25) is 15.1 Å². The Kier molecular flexibility index (Phi) is 4.86. The fraction of sp³-hybridized carbons (Fsp3) is 0.348.